The first-order chi connectivity index (χ1) is 15.9. The summed E-state index contributed by atoms with van der Waals surface area (Å²) in [6.07, 6.45) is 0.633. The molecule has 7 nitrogen and oxygen atoms in total. The number of amides is 1. The van der Waals surface area contributed by atoms with Gasteiger partial charge in [-0.3, -0.25) is 4.79 Å². The average molecular weight is 465 g/mol. The molecule has 3 aromatic rings. The number of carbonyl (C=O) groups excluding carboxylic acids is 2. The third-order valence-electron chi connectivity index (χ3n) is 5.65. The molecule has 170 valence electrons. The number of sulfonamides is 1. The predicted molar refractivity (Wildman–Crippen MR) is 124 cm³/mol. The zero-order valence-corrected chi connectivity index (χ0v) is 19.0. The Morgan fingerprint density at radius 2 is 1.64 bits per heavy atom. The van der Waals surface area contributed by atoms with Crippen LogP contribution < -0.4 is 4.90 Å². The number of benzene rings is 3. The minimum absolute atomic E-state index is 0.0176. The van der Waals surface area contributed by atoms with Gasteiger partial charge in [-0.25, -0.2) is 13.2 Å². The van der Waals surface area contributed by atoms with Crippen LogP contribution in [0, 0.1) is 0 Å². The lowest BCUT2D eigenvalue weighted by atomic mass is 10.0. The highest BCUT2D eigenvalue weighted by Crippen LogP contribution is 2.25. The topological polar surface area (TPSA) is 84.0 Å². The summed E-state index contributed by atoms with van der Waals surface area (Å²) in [5.74, 6) is -1.16. The molecule has 33 heavy (non-hydrogen) atoms. The fourth-order valence-electron chi connectivity index (χ4n) is 3.71. The summed E-state index contributed by atoms with van der Waals surface area (Å²) in [6, 6.07) is 22.5. The number of likely N-dealkylation sites (N-methyl/N-ethyl adjacent to an activating group) is 1. The van der Waals surface area contributed by atoms with E-state index in [1.807, 2.05) is 30.3 Å². The van der Waals surface area contributed by atoms with Crippen LogP contribution in [-0.2, 0) is 32.5 Å². The Hall–Kier alpha value is -3.49. The van der Waals surface area contributed by atoms with Crippen molar-refractivity contribution in [1.29, 1.82) is 0 Å². The lowest BCUT2D eigenvalue weighted by Gasteiger charge is -2.28. The van der Waals surface area contributed by atoms with E-state index in [0.29, 0.717) is 18.7 Å². The molecule has 0 saturated carbocycles. The molecule has 0 aliphatic carbocycles. The molecule has 8 heteroatoms. The highest BCUT2D eigenvalue weighted by atomic mass is 32.2. The second kappa shape index (κ2) is 9.56. The van der Waals surface area contributed by atoms with Gasteiger partial charge in [-0.2, -0.15) is 4.31 Å². The minimum atomic E-state index is -3.79. The van der Waals surface area contributed by atoms with Crippen LogP contribution in [0.4, 0.5) is 5.69 Å². The van der Waals surface area contributed by atoms with Crippen LogP contribution in [0.3, 0.4) is 0 Å². The SMILES string of the molecule is CN(C(=O)COC(=O)c1cccc(S(=O)(=O)N2CCc3ccccc3C2)c1)c1ccccc1. The molecule has 0 unspecified atom stereocenters. The number of esters is 1. The molecule has 1 aliphatic heterocycles. The van der Waals surface area contributed by atoms with Gasteiger partial charge in [-0.15, -0.1) is 0 Å². The number of anilines is 1. The average Bonchev–Trinajstić information content (AvgIpc) is 2.86. The largest absolute Gasteiger partial charge is 0.452 e. The summed E-state index contributed by atoms with van der Waals surface area (Å²) in [5, 5.41) is 0. The third kappa shape index (κ3) is 4.97. The number of rotatable bonds is 6. The van der Waals surface area contributed by atoms with Crippen molar-refractivity contribution in [3.05, 3.63) is 95.6 Å². The molecule has 0 aromatic heterocycles. The molecule has 0 spiro atoms. The maximum atomic E-state index is 13.2. The minimum Gasteiger partial charge on any atom is -0.452 e. The Balaban J connectivity index is 1.44. The molecule has 0 saturated heterocycles. The van der Waals surface area contributed by atoms with Crippen LogP contribution in [0.25, 0.3) is 0 Å². The Kier molecular flexibility index (Phi) is 6.57. The van der Waals surface area contributed by atoms with E-state index in [0.717, 1.165) is 11.1 Å². The standard InChI is InChI=1S/C25H24N2O5S/c1-26(22-11-3-2-4-12-22)24(28)18-32-25(29)20-10-7-13-23(16-20)33(30,31)27-15-14-19-8-5-6-9-21(19)17-27/h2-13,16H,14-15,17-18H2,1H3. The zero-order valence-electron chi connectivity index (χ0n) is 18.2. The van der Waals surface area contributed by atoms with Gasteiger partial charge in [0.1, 0.15) is 0 Å². The molecule has 1 amide bonds. The fraction of sp³-hybridized carbons (Fsp3) is 0.200. The Bertz CT molecular complexity index is 1270. The number of fused-ring (bicyclic) bond motifs is 1. The van der Waals surface area contributed by atoms with Crippen LogP contribution in [0.2, 0.25) is 0 Å². The lowest BCUT2D eigenvalue weighted by molar-refractivity contribution is -0.121. The molecular weight excluding hydrogens is 440 g/mol. The second-order valence-electron chi connectivity index (χ2n) is 7.75. The number of hydrogen-bond acceptors (Lipinski definition) is 5. The number of ether oxygens (including phenoxy) is 1. The Labute approximate surface area is 193 Å². The van der Waals surface area contributed by atoms with Gasteiger partial charge in [0.25, 0.3) is 5.91 Å². The molecule has 0 bridgehead atoms. The summed E-state index contributed by atoms with van der Waals surface area (Å²) in [7, 11) is -2.20. The van der Waals surface area contributed by atoms with Gasteiger partial charge in [-0.05, 0) is 47.9 Å². The van der Waals surface area contributed by atoms with Gasteiger partial charge in [0, 0.05) is 25.8 Å². The van der Waals surface area contributed by atoms with Crippen molar-refractivity contribution in [2.24, 2.45) is 0 Å². The molecule has 0 N–H and O–H groups in total. The quantitative estimate of drug-likeness (QED) is 0.523. The number of nitrogens with zero attached hydrogens (tertiary/aromatic N) is 2. The highest BCUT2D eigenvalue weighted by molar-refractivity contribution is 7.89. The van der Waals surface area contributed by atoms with Crippen LogP contribution in [0.1, 0.15) is 21.5 Å². The van der Waals surface area contributed by atoms with E-state index in [4.69, 9.17) is 4.74 Å². The normalized spacial score (nSPS) is 13.7. The van der Waals surface area contributed by atoms with Crippen molar-refractivity contribution in [1.82, 2.24) is 4.31 Å². The smallest absolute Gasteiger partial charge is 0.338 e. The van der Waals surface area contributed by atoms with Crippen molar-refractivity contribution in [3.8, 4) is 0 Å². The van der Waals surface area contributed by atoms with Gasteiger partial charge >= 0.3 is 5.97 Å². The lowest BCUT2D eigenvalue weighted by Crippen LogP contribution is -2.36. The Morgan fingerprint density at radius 3 is 2.39 bits per heavy atom. The van der Waals surface area contributed by atoms with Crippen molar-refractivity contribution in [2.45, 2.75) is 17.9 Å². The summed E-state index contributed by atoms with van der Waals surface area (Å²) < 4.78 is 33.0. The number of para-hydroxylation sites is 1. The van der Waals surface area contributed by atoms with Crippen LogP contribution >= 0.6 is 0 Å². The molecular formula is C25H24N2O5S. The summed E-state index contributed by atoms with van der Waals surface area (Å²) >= 11 is 0. The summed E-state index contributed by atoms with van der Waals surface area (Å²) in [6.45, 7) is 0.200. The first-order valence-corrected chi connectivity index (χ1v) is 12.0. The van der Waals surface area contributed by atoms with Crippen molar-refractivity contribution < 1.29 is 22.7 Å². The zero-order chi connectivity index (χ0) is 23.4. The van der Waals surface area contributed by atoms with Crippen LogP contribution in [-0.4, -0.2) is 44.8 Å². The molecule has 1 heterocycles. The van der Waals surface area contributed by atoms with E-state index in [-0.39, 0.29) is 17.0 Å². The predicted octanol–water partition coefficient (Wildman–Crippen LogP) is 3.25. The van der Waals surface area contributed by atoms with Crippen LogP contribution in [0.15, 0.2) is 83.8 Å². The fourth-order valence-corrected chi connectivity index (χ4v) is 5.18. The van der Waals surface area contributed by atoms with E-state index >= 15 is 0 Å². The summed E-state index contributed by atoms with van der Waals surface area (Å²) in [4.78, 5) is 26.3. The van der Waals surface area contributed by atoms with Gasteiger partial charge in [0.05, 0.1) is 10.5 Å². The third-order valence-corrected chi connectivity index (χ3v) is 7.49. The molecule has 0 radical (unpaired) electrons. The van der Waals surface area contributed by atoms with E-state index in [1.54, 1.807) is 31.3 Å². The summed E-state index contributed by atoms with van der Waals surface area (Å²) in [5.41, 5.74) is 2.87. The molecule has 0 fully saturated rings. The van der Waals surface area contributed by atoms with Gasteiger partial charge in [0.2, 0.25) is 10.0 Å². The van der Waals surface area contributed by atoms with Crippen molar-refractivity contribution in [2.75, 3.05) is 25.1 Å². The van der Waals surface area contributed by atoms with Crippen molar-refractivity contribution >= 4 is 27.6 Å². The maximum absolute atomic E-state index is 13.2. The van der Waals surface area contributed by atoms with Crippen LogP contribution in [0.5, 0.6) is 0 Å². The molecule has 3 aromatic carbocycles. The van der Waals surface area contributed by atoms with Gasteiger partial charge < -0.3 is 9.64 Å². The Morgan fingerprint density at radius 1 is 0.939 bits per heavy atom. The highest BCUT2D eigenvalue weighted by Gasteiger charge is 2.29. The first kappa shape index (κ1) is 22.7. The monoisotopic (exact) mass is 464 g/mol. The molecule has 4 rings (SSSR count). The number of carbonyl (C=O) groups is 2. The maximum Gasteiger partial charge on any atom is 0.338 e. The van der Waals surface area contributed by atoms with Crippen molar-refractivity contribution in [3.63, 3.8) is 0 Å². The number of hydrogen-bond donors (Lipinski definition) is 0. The van der Waals surface area contributed by atoms with E-state index in [2.05, 4.69) is 0 Å². The van der Waals surface area contributed by atoms with E-state index in [9.17, 15) is 18.0 Å². The molecule has 0 atom stereocenters. The van der Waals surface area contributed by atoms with E-state index < -0.39 is 28.5 Å². The molecule has 1 aliphatic rings. The van der Waals surface area contributed by atoms with Gasteiger partial charge in [-0.1, -0.05) is 48.5 Å². The first-order valence-electron chi connectivity index (χ1n) is 10.5. The van der Waals surface area contributed by atoms with E-state index in [1.165, 1.54) is 33.5 Å². The second-order valence-corrected chi connectivity index (χ2v) is 9.69. The van der Waals surface area contributed by atoms with Gasteiger partial charge in [0.15, 0.2) is 6.61 Å².